The van der Waals surface area contributed by atoms with E-state index in [2.05, 4.69) is 56.1 Å². The second-order valence-electron chi connectivity index (χ2n) is 6.79. The molecule has 0 bridgehead atoms. The van der Waals surface area contributed by atoms with Crippen molar-refractivity contribution >= 4 is 5.91 Å². The number of hydrogen-bond donors (Lipinski definition) is 1. The molecule has 21 heavy (non-hydrogen) atoms. The summed E-state index contributed by atoms with van der Waals surface area (Å²) in [5.41, 5.74) is 4.03. The molecule has 0 spiro atoms. The van der Waals surface area contributed by atoms with Gasteiger partial charge in [0.2, 0.25) is 5.91 Å². The Hall–Kier alpha value is -1.35. The van der Waals surface area contributed by atoms with Crippen LogP contribution >= 0.6 is 0 Å². The minimum Gasteiger partial charge on any atom is -0.356 e. The summed E-state index contributed by atoms with van der Waals surface area (Å²) in [5.74, 6) is 0.905. The van der Waals surface area contributed by atoms with Crippen LogP contribution in [-0.2, 0) is 11.3 Å². The predicted molar refractivity (Wildman–Crippen MR) is 87.1 cm³/mol. The lowest BCUT2D eigenvalue weighted by molar-refractivity contribution is -0.124. The normalized spacial score (nSPS) is 19.2. The molecule has 1 amide bonds. The number of rotatable bonds is 5. The summed E-state index contributed by atoms with van der Waals surface area (Å²) in [6, 6.07) is 6.61. The van der Waals surface area contributed by atoms with Gasteiger partial charge in [-0.3, -0.25) is 9.69 Å². The van der Waals surface area contributed by atoms with Crippen LogP contribution in [0.25, 0.3) is 0 Å². The fraction of sp³-hybridized carbons (Fsp3) is 0.611. The number of carbonyl (C=O) groups is 1. The van der Waals surface area contributed by atoms with Crippen LogP contribution in [0, 0.1) is 25.7 Å². The van der Waals surface area contributed by atoms with E-state index < -0.39 is 0 Å². The third-order valence-electron chi connectivity index (χ3n) is 4.23. The van der Waals surface area contributed by atoms with E-state index in [0.29, 0.717) is 5.92 Å². The summed E-state index contributed by atoms with van der Waals surface area (Å²) in [7, 11) is 0. The summed E-state index contributed by atoms with van der Waals surface area (Å²) < 4.78 is 0. The zero-order chi connectivity index (χ0) is 15.4. The van der Waals surface area contributed by atoms with Crippen LogP contribution in [0.5, 0.6) is 0 Å². The average molecular weight is 288 g/mol. The predicted octanol–water partition coefficient (Wildman–Crippen LogP) is 2.90. The van der Waals surface area contributed by atoms with E-state index in [9.17, 15) is 4.79 Å². The fourth-order valence-corrected chi connectivity index (χ4v) is 2.85. The van der Waals surface area contributed by atoms with Crippen LogP contribution in [0.1, 0.15) is 37.0 Å². The minimum atomic E-state index is 0.161. The van der Waals surface area contributed by atoms with Gasteiger partial charge in [-0.2, -0.15) is 0 Å². The first kappa shape index (κ1) is 16.0. The molecule has 1 heterocycles. The summed E-state index contributed by atoms with van der Waals surface area (Å²) in [5, 5.41) is 3.06. The topological polar surface area (TPSA) is 32.3 Å². The molecule has 0 radical (unpaired) electrons. The van der Waals surface area contributed by atoms with E-state index in [1.807, 2.05) is 0 Å². The number of hydrogen-bond acceptors (Lipinski definition) is 2. The molecule has 1 aromatic carbocycles. The quantitative estimate of drug-likeness (QED) is 0.903. The van der Waals surface area contributed by atoms with Gasteiger partial charge in [0, 0.05) is 19.6 Å². The highest BCUT2D eigenvalue weighted by Crippen LogP contribution is 2.21. The summed E-state index contributed by atoms with van der Waals surface area (Å²) in [6.07, 6.45) is 0.981. The maximum absolute atomic E-state index is 12.1. The van der Waals surface area contributed by atoms with E-state index in [4.69, 9.17) is 0 Å². The molecule has 0 saturated carbocycles. The zero-order valence-corrected chi connectivity index (χ0v) is 13.8. The summed E-state index contributed by atoms with van der Waals surface area (Å²) in [4.78, 5) is 14.5. The van der Waals surface area contributed by atoms with Crippen molar-refractivity contribution in [1.29, 1.82) is 0 Å². The monoisotopic (exact) mass is 288 g/mol. The van der Waals surface area contributed by atoms with Crippen LogP contribution in [0.4, 0.5) is 0 Å². The number of likely N-dealkylation sites (tertiary alicyclic amines) is 1. The highest BCUT2D eigenvalue weighted by atomic mass is 16.1. The molecule has 116 valence electrons. The molecule has 1 unspecified atom stereocenters. The Morgan fingerprint density at radius 3 is 2.86 bits per heavy atom. The molecule has 1 fully saturated rings. The standard InChI is InChI=1S/C18H28N2O/c1-13(2)10-19-18(21)16-7-8-20(11-16)12-17-9-14(3)5-6-15(17)4/h5-6,9,13,16H,7-8,10-12H2,1-4H3,(H,19,21). The Labute approximate surface area is 128 Å². The highest BCUT2D eigenvalue weighted by molar-refractivity contribution is 5.79. The minimum absolute atomic E-state index is 0.161. The van der Waals surface area contributed by atoms with Crippen LogP contribution in [0.3, 0.4) is 0 Å². The number of benzene rings is 1. The van der Waals surface area contributed by atoms with E-state index >= 15 is 0 Å². The Morgan fingerprint density at radius 1 is 1.38 bits per heavy atom. The van der Waals surface area contributed by atoms with Crippen molar-refractivity contribution in [3.05, 3.63) is 34.9 Å². The smallest absolute Gasteiger partial charge is 0.224 e. The molecule has 0 aliphatic carbocycles. The van der Waals surface area contributed by atoms with Crippen LogP contribution < -0.4 is 5.32 Å². The van der Waals surface area contributed by atoms with E-state index in [-0.39, 0.29) is 11.8 Å². The van der Waals surface area contributed by atoms with Crippen LogP contribution in [-0.4, -0.2) is 30.4 Å². The molecule has 1 aliphatic rings. The first-order valence-electron chi connectivity index (χ1n) is 8.02. The van der Waals surface area contributed by atoms with Gasteiger partial charge in [0.05, 0.1) is 5.92 Å². The van der Waals surface area contributed by atoms with Crippen molar-refractivity contribution in [2.24, 2.45) is 11.8 Å². The van der Waals surface area contributed by atoms with E-state index in [1.54, 1.807) is 0 Å². The van der Waals surface area contributed by atoms with Crippen molar-refractivity contribution in [3.63, 3.8) is 0 Å². The molecular formula is C18H28N2O. The Kier molecular flexibility index (Phi) is 5.40. The number of aryl methyl sites for hydroxylation is 2. The number of amides is 1. The largest absolute Gasteiger partial charge is 0.356 e. The SMILES string of the molecule is Cc1ccc(C)c(CN2CCC(C(=O)NCC(C)C)C2)c1. The Bertz CT molecular complexity index is 496. The van der Waals surface area contributed by atoms with Crippen molar-refractivity contribution in [2.75, 3.05) is 19.6 Å². The lowest BCUT2D eigenvalue weighted by Crippen LogP contribution is -2.34. The molecule has 3 heteroatoms. The van der Waals surface area contributed by atoms with Gasteiger partial charge < -0.3 is 5.32 Å². The first-order valence-corrected chi connectivity index (χ1v) is 8.02. The summed E-state index contributed by atoms with van der Waals surface area (Å²) >= 11 is 0. The second-order valence-corrected chi connectivity index (χ2v) is 6.79. The molecular weight excluding hydrogens is 260 g/mol. The number of carbonyl (C=O) groups excluding carboxylic acids is 1. The maximum Gasteiger partial charge on any atom is 0.224 e. The van der Waals surface area contributed by atoms with E-state index in [0.717, 1.165) is 32.6 Å². The van der Waals surface area contributed by atoms with Gasteiger partial charge in [0.15, 0.2) is 0 Å². The Balaban J connectivity index is 1.87. The number of nitrogens with one attached hydrogen (secondary N) is 1. The molecule has 1 saturated heterocycles. The molecule has 1 aliphatic heterocycles. The van der Waals surface area contributed by atoms with Gasteiger partial charge in [-0.15, -0.1) is 0 Å². The van der Waals surface area contributed by atoms with Gasteiger partial charge in [0.1, 0.15) is 0 Å². The Morgan fingerprint density at radius 2 is 2.14 bits per heavy atom. The molecule has 1 atom stereocenters. The van der Waals surface area contributed by atoms with Crippen LogP contribution in [0.2, 0.25) is 0 Å². The highest BCUT2D eigenvalue weighted by Gasteiger charge is 2.28. The molecule has 1 aromatic rings. The lowest BCUT2D eigenvalue weighted by Gasteiger charge is -2.18. The maximum atomic E-state index is 12.1. The van der Waals surface area contributed by atoms with Crippen molar-refractivity contribution in [1.82, 2.24) is 10.2 Å². The van der Waals surface area contributed by atoms with Gasteiger partial charge in [0.25, 0.3) is 0 Å². The van der Waals surface area contributed by atoms with Gasteiger partial charge in [-0.1, -0.05) is 37.6 Å². The third-order valence-corrected chi connectivity index (χ3v) is 4.23. The van der Waals surface area contributed by atoms with Gasteiger partial charge in [-0.05, 0) is 43.9 Å². The van der Waals surface area contributed by atoms with Gasteiger partial charge in [-0.25, -0.2) is 0 Å². The van der Waals surface area contributed by atoms with Crippen molar-refractivity contribution in [2.45, 2.75) is 40.7 Å². The summed E-state index contributed by atoms with van der Waals surface area (Å²) in [6.45, 7) is 12.2. The lowest BCUT2D eigenvalue weighted by atomic mass is 10.1. The molecule has 0 aromatic heterocycles. The van der Waals surface area contributed by atoms with E-state index in [1.165, 1.54) is 16.7 Å². The zero-order valence-electron chi connectivity index (χ0n) is 13.8. The van der Waals surface area contributed by atoms with Crippen LogP contribution in [0.15, 0.2) is 18.2 Å². The molecule has 2 rings (SSSR count). The van der Waals surface area contributed by atoms with Crippen molar-refractivity contribution in [3.8, 4) is 0 Å². The second kappa shape index (κ2) is 7.08. The third kappa shape index (κ3) is 4.57. The molecule has 3 nitrogen and oxygen atoms in total. The van der Waals surface area contributed by atoms with Crippen molar-refractivity contribution < 1.29 is 4.79 Å². The van der Waals surface area contributed by atoms with Gasteiger partial charge >= 0.3 is 0 Å². The first-order chi connectivity index (χ1) is 9.95. The molecule has 1 N–H and O–H groups in total. The average Bonchev–Trinajstić information content (AvgIpc) is 2.89. The number of nitrogens with zero attached hydrogens (tertiary/aromatic N) is 1. The fourth-order valence-electron chi connectivity index (χ4n) is 2.85.